The number of carbonyl (C=O) groups excluding carboxylic acids is 1. The number of nitrogens with one attached hydrogen (secondary N) is 1. The van der Waals surface area contributed by atoms with E-state index in [-0.39, 0.29) is 5.41 Å². The second kappa shape index (κ2) is 2.71. The lowest BCUT2D eigenvalue weighted by Gasteiger charge is -2.15. The van der Waals surface area contributed by atoms with Gasteiger partial charge in [0.1, 0.15) is 0 Å². The standard InChI is InChI=1S/C6H12N2O/c1-6(2,3)4-8-5(7)9/h7H,4H2,1-3H3. The molecule has 0 unspecified atom stereocenters. The molecule has 0 rings (SSSR count). The molecule has 0 aliphatic rings. The van der Waals surface area contributed by atoms with Crippen molar-refractivity contribution in [2.75, 3.05) is 6.54 Å². The van der Waals surface area contributed by atoms with E-state index in [1.807, 2.05) is 20.8 Å². The van der Waals surface area contributed by atoms with Gasteiger partial charge in [0.15, 0.2) is 0 Å². The third kappa shape index (κ3) is 7.27. The Morgan fingerprint density at radius 1 is 1.56 bits per heavy atom. The van der Waals surface area contributed by atoms with E-state index in [0.29, 0.717) is 6.54 Å². The second-order valence-electron chi connectivity index (χ2n) is 3.18. The van der Waals surface area contributed by atoms with Crippen LogP contribution in [-0.4, -0.2) is 12.6 Å². The summed E-state index contributed by atoms with van der Waals surface area (Å²) in [4.78, 5) is 9.99. The van der Waals surface area contributed by atoms with E-state index in [0.717, 1.165) is 0 Å². The Balaban J connectivity index is 3.39. The van der Waals surface area contributed by atoms with E-state index in [9.17, 15) is 4.79 Å². The van der Waals surface area contributed by atoms with Crippen LogP contribution in [-0.2, 0) is 0 Å². The van der Waals surface area contributed by atoms with E-state index in [2.05, 4.69) is 5.32 Å². The SMILES string of the molecule is CC(C)(C)C[N]C([NH])=O. The van der Waals surface area contributed by atoms with E-state index >= 15 is 0 Å². The Morgan fingerprint density at radius 3 is 2.11 bits per heavy atom. The first kappa shape index (κ1) is 8.27. The van der Waals surface area contributed by atoms with Crippen LogP contribution in [0.5, 0.6) is 0 Å². The van der Waals surface area contributed by atoms with Crippen LogP contribution in [0.4, 0.5) is 4.79 Å². The summed E-state index contributed by atoms with van der Waals surface area (Å²) < 4.78 is 0. The molecule has 0 aliphatic carbocycles. The fraction of sp³-hybridized carbons (Fsp3) is 0.833. The maximum Gasteiger partial charge on any atom is 0.355 e. The molecule has 3 nitrogen and oxygen atoms in total. The van der Waals surface area contributed by atoms with Crippen molar-refractivity contribution in [3.63, 3.8) is 0 Å². The van der Waals surface area contributed by atoms with E-state index in [4.69, 9.17) is 5.73 Å². The zero-order chi connectivity index (χ0) is 7.49. The summed E-state index contributed by atoms with van der Waals surface area (Å²) in [7, 11) is 0. The van der Waals surface area contributed by atoms with Crippen LogP contribution >= 0.6 is 0 Å². The van der Waals surface area contributed by atoms with Gasteiger partial charge in [-0.15, -0.1) is 0 Å². The van der Waals surface area contributed by atoms with Crippen molar-refractivity contribution >= 4 is 6.03 Å². The average Bonchev–Trinajstić information content (AvgIpc) is 1.59. The molecule has 52 valence electrons. The summed E-state index contributed by atoms with van der Waals surface area (Å²) in [5, 5.41) is 3.42. The highest BCUT2D eigenvalue weighted by Gasteiger charge is 2.11. The molecule has 0 heterocycles. The molecule has 9 heavy (non-hydrogen) atoms. The molecule has 0 fully saturated rings. The van der Waals surface area contributed by atoms with Crippen molar-refractivity contribution in [3.8, 4) is 0 Å². The fourth-order valence-electron chi connectivity index (χ4n) is 0.309. The van der Waals surface area contributed by atoms with Gasteiger partial charge in [-0.2, -0.15) is 0 Å². The van der Waals surface area contributed by atoms with Crippen LogP contribution in [0, 0.1) is 5.41 Å². The summed E-state index contributed by atoms with van der Waals surface area (Å²) in [6.45, 7) is 6.35. The van der Waals surface area contributed by atoms with Crippen molar-refractivity contribution in [1.82, 2.24) is 11.1 Å². The first-order chi connectivity index (χ1) is 3.92. The maximum absolute atomic E-state index is 9.99. The quantitative estimate of drug-likeness (QED) is 0.520. The molecule has 0 saturated carbocycles. The van der Waals surface area contributed by atoms with Crippen molar-refractivity contribution in [1.29, 1.82) is 0 Å². The molecule has 0 bridgehead atoms. The topological polar surface area (TPSA) is 55.0 Å². The van der Waals surface area contributed by atoms with Crippen LogP contribution < -0.4 is 11.1 Å². The van der Waals surface area contributed by atoms with Gasteiger partial charge in [0.05, 0.1) is 0 Å². The summed E-state index contributed by atoms with van der Waals surface area (Å²) in [5.74, 6) is 0. The van der Waals surface area contributed by atoms with Gasteiger partial charge in [-0.25, -0.2) is 15.8 Å². The van der Waals surface area contributed by atoms with Gasteiger partial charge in [0, 0.05) is 6.54 Å². The smallest absolute Gasteiger partial charge is 0.246 e. The lowest BCUT2D eigenvalue weighted by Crippen LogP contribution is -2.25. The number of nitrogens with zero attached hydrogens (tertiary/aromatic N) is 1. The summed E-state index contributed by atoms with van der Waals surface area (Å²) >= 11 is 0. The maximum atomic E-state index is 9.99. The molecule has 2 amide bonds. The minimum Gasteiger partial charge on any atom is -0.246 e. The molecule has 0 aromatic rings. The Labute approximate surface area is 55.6 Å². The third-order valence-electron chi connectivity index (χ3n) is 0.697. The molecule has 0 aromatic heterocycles. The molecular weight excluding hydrogens is 116 g/mol. The van der Waals surface area contributed by atoms with Crippen LogP contribution in [0.1, 0.15) is 20.8 Å². The van der Waals surface area contributed by atoms with Crippen LogP contribution in [0.25, 0.3) is 0 Å². The number of amides is 2. The number of rotatable bonds is 1. The lowest BCUT2D eigenvalue weighted by atomic mass is 9.97. The Bertz CT molecular complexity index is 104. The Kier molecular flexibility index (Phi) is 2.49. The molecule has 0 atom stereocenters. The van der Waals surface area contributed by atoms with Crippen LogP contribution in [0.2, 0.25) is 0 Å². The molecule has 2 radical (unpaired) electrons. The van der Waals surface area contributed by atoms with Crippen molar-refractivity contribution in [2.24, 2.45) is 5.41 Å². The normalized spacial score (nSPS) is 11.0. The van der Waals surface area contributed by atoms with E-state index < -0.39 is 6.03 Å². The van der Waals surface area contributed by atoms with Crippen LogP contribution in [0.15, 0.2) is 0 Å². The minimum absolute atomic E-state index is 0.0245. The highest BCUT2D eigenvalue weighted by molar-refractivity contribution is 5.70. The van der Waals surface area contributed by atoms with Gasteiger partial charge in [-0.3, -0.25) is 0 Å². The second-order valence-corrected chi connectivity index (χ2v) is 3.18. The zero-order valence-corrected chi connectivity index (χ0v) is 6.06. The number of hydrogen-bond acceptors (Lipinski definition) is 1. The van der Waals surface area contributed by atoms with Gasteiger partial charge >= 0.3 is 6.03 Å². The van der Waals surface area contributed by atoms with Gasteiger partial charge in [-0.05, 0) is 5.41 Å². The van der Waals surface area contributed by atoms with E-state index in [1.165, 1.54) is 0 Å². The lowest BCUT2D eigenvalue weighted by molar-refractivity contribution is 0.241. The summed E-state index contributed by atoms with van der Waals surface area (Å²) in [6.07, 6.45) is 0. The van der Waals surface area contributed by atoms with Crippen LogP contribution in [0.3, 0.4) is 0 Å². The highest BCUT2D eigenvalue weighted by atomic mass is 16.2. The van der Waals surface area contributed by atoms with Gasteiger partial charge in [0.2, 0.25) is 0 Å². The molecule has 0 saturated heterocycles. The largest absolute Gasteiger partial charge is 0.355 e. The third-order valence-corrected chi connectivity index (χ3v) is 0.697. The number of carbonyl (C=O) groups is 1. The molecule has 0 spiro atoms. The average molecular weight is 128 g/mol. The van der Waals surface area contributed by atoms with Gasteiger partial charge < -0.3 is 0 Å². The van der Waals surface area contributed by atoms with Crippen molar-refractivity contribution < 1.29 is 4.79 Å². The van der Waals surface area contributed by atoms with Crippen molar-refractivity contribution in [2.45, 2.75) is 20.8 Å². The summed E-state index contributed by atoms with van der Waals surface area (Å²) in [5.41, 5.74) is 6.48. The Hall–Kier alpha value is -0.730. The molecular formula is C6H12N2O. The minimum atomic E-state index is -0.829. The van der Waals surface area contributed by atoms with Gasteiger partial charge in [-0.1, -0.05) is 20.8 Å². The fourth-order valence-corrected chi connectivity index (χ4v) is 0.309. The number of hydrogen-bond donors (Lipinski definition) is 0. The molecule has 1 N–H and O–H groups in total. The monoisotopic (exact) mass is 128 g/mol. The molecule has 0 aliphatic heterocycles. The van der Waals surface area contributed by atoms with Gasteiger partial charge in [0.25, 0.3) is 0 Å². The predicted octanol–water partition coefficient (Wildman–Crippen LogP) is 1.04. The van der Waals surface area contributed by atoms with E-state index in [1.54, 1.807) is 0 Å². The van der Waals surface area contributed by atoms with Crippen molar-refractivity contribution in [3.05, 3.63) is 0 Å². The highest BCUT2D eigenvalue weighted by Crippen LogP contribution is 2.10. The first-order valence-corrected chi connectivity index (χ1v) is 2.85. The zero-order valence-electron chi connectivity index (χ0n) is 6.06. The molecule has 0 aromatic carbocycles. The predicted molar refractivity (Wildman–Crippen MR) is 34.9 cm³/mol. The number of urea groups is 1. The summed E-state index contributed by atoms with van der Waals surface area (Å²) in [6, 6.07) is -0.829. The molecule has 3 heteroatoms. The Morgan fingerprint density at radius 2 is 2.00 bits per heavy atom. The first-order valence-electron chi connectivity index (χ1n) is 2.85.